The van der Waals surface area contributed by atoms with Crippen LogP contribution in [-0.2, 0) is 22.4 Å². The van der Waals surface area contributed by atoms with Gasteiger partial charge in [0.1, 0.15) is 11.1 Å². The molecule has 1 aliphatic rings. The number of hydrogen-bond acceptors (Lipinski definition) is 6. The number of amides is 1. The Morgan fingerprint density at radius 1 is 0.939 bits per heavy atom. The predicted molar refractivity (Wildman–Crippen MR) is 126 cm³/mol. The van der Waals surface area contributed by atoms with Crippen LogP contribution in [0.4, 0.5) is 5.00 Å². The molecule has 0 spiro atoms. The molecule has 4 rings (SSSR count). The van der Waals surface area contributed by atoms with Gasteiger partial charge in [-0.25, -0.2) is 4.79 Å². The lowest BCUT2D eigenvalue weighted by molar-refractivity contribution is -0.119. The maximum atomic E-state index is 12.8. The molecule has 0 atom stereocenters. The number of nitrogens with one attached hydrogen (secondary N) is 1. The number of ether oxygens (including phenoxy) is 1. The smallest absolute Gasteiger partial charge is 0.339 e. The Labute approximate surface area is 195 Å². The van der Waals surface area contributed by atoms with Gasteiger partial charge in [0.2, 0.25) is 0 Å². The van der Waals surface area contributed by atoms with Gasteiger partial charge in [0.15, 0.2) is 12.4 Å². The molecule has 7 heteroatoms. The summed E-state index contributed by atoms with van der Waals surface area (Å²) in [7, 11) is 0. The second-order valence-corrected chi connectivity index (χ2v) is 8.85. The number of carbonyl (C=O) groups excluding carboxylic acids is 3. The Hall–Kier alpha value is -3.76. The third kappa shape index (κ3) is 5.02. The summed E-state index contributed by atoms with van der Waals surface area (Å²) >= 11 is 1.42. The van der Waals surface area contributed by atoms with Crippen molar-refractivity contribution in [1.82, 2.24) is 0 Å². The van der Waals surface area contributed by atoms with E-state index in [9.17, 15) is 19.6 Å². The van der Waals surface area contributed by atoms with E-state index >= 15 is 0 Å². The van der Waals surface area contributed by atoms with Crippen LogP contribution in [0.3, 0.4) is 0 Å². The highest BCUT2D eigenvalue weighted by Crippen LogP contribution is 2.36. The van der Waals surface area contributed by atoms with Crippen LogP contribution in [-0.4, -0.2) is 24.3 Å². The molecule has 33 heavy (non-hydrogen) atoms. The number of nitrogens with zero attached hydrogens (tertiary/aromatic N) is 1. The number of fused-ring (bicyclic) bond motifs is 1. The molecule has 0 fully saturated rings. The van der Waals surface area contributed by atoms with Gasteiger partial charge in [-0.3, -0.25) is 9.59 Å². The number of anilines is 1. The van der Waals surface area contributed by atoms with E-state index < -0.39 is 18.5 Å². The summed E-state index contributed by atoms with van der Waals surface area (Å²) in [5.74, 6) is -1.58. The second kappa shape index (κ2) is 10.2. The van der Waals surface area contributed by atoms with Crippen LogP contribution in [0, 0.1) is 11.3 Å². The highest BCUT2D eigenvalue weighted by molar-refractivity contribution is 7.16. The number of aryl methyl sites for hydroxylation is 1. The lowest BCUT2D eigenvalue weighted by Gasteiger charge is -2.09. The Morgan fingerprint density at radius 3 is 2.39 bits per heavy atom. The van der Waals surface area contributed by atoms with Gasteiger partial charge in [0, 0.05) is 16.0 Å². The number of carbonyl (C=O) groups is 3. The number of thiophene rings is 1. The quantitative estimate of drug-likeness (QED) is 0.321. The standard InChI is InChI=1S/C26H22N2O4S/c27-15-21-18-11-5-2-6-14-22(18)33-25(21)28-23(29)16-32-26(31)20-13-8-7-12-19(20)24(30)17-9-3-1-4-10-17/h1,3-4,7-10,12-13H,2,5-6,11,14,16H2,(H,28,29). The minimum atomic E-state index is -0.757. The number of nitriles is 1. The van der Waals surface area contributed by atoms with Gasteiger partial charge in [-0.1, -0.05) is 55.0 Å². The molecule has 2 aromatic carbocycles. The van der Waals surface area contributed by atoms with Crippen molar-refractivity contribution in [3.8, 4) is 6.07 Å². The van der Waals surface area contributed by atoms with Crippen LogP contribution in [0.15, 0.2) is 54.6 Å². The van der Waals surface area contributed by atoms with Gasteiger partial charge in [0.05, 0.1) is 11.1 Å². The van der Waals surface area contributed by atoms with Crippen LogP contribution in [0.1, 0.15) is 61.5 Å². The Kier molecular flexibility index (Phi) is 6.96. The van der Waals surface area contributed by atoms with Crippen molar-refractivity contribution in [3.63, 3.8) is 0 Å². The third-order valence-electron chi connectivity index (χ3n) is 5.55. The molecule has 1 heterocycles. The minimum Gasteiger partial charge on any atom is -0.452 e. The maximum Gasteiger partial charge on any atom is 0.339 e. The van der Waals surface area contributed by atoms with Crippen molar-refractivity contribution < 1.29 is 19.1 Å². The van der Waals surface area contributed by atoms with E-state index in [1.54, 1.807) is 48.5 Å². The molecule has 1 aromatic heterocycles. The SMILES string of the molecule is N#Cc1c(NC(=O)COC(=O)c2ccccc2C(=O)c2ccccc2)sc2c1CCCCC2. The first kappa shape index (κ1) is 22.4. The normalized spacial score (nSPS) is 12.7. The largest absolute Gasteiger partial charge is 0.452 e. The van der Waals surface area contributed by atoms with Crippen molar-refractivity contribution in [1.29, 1.82) is 5.26 Å². The lowest BCUT2D eigenvalue weighted by atomic mass is 9.98. The van der Waals surface area contributed by atoms with Crippen LogP contribution in [0.2, 0.25) is 0 Å². The molecular formula is C26H22N2O4S. The first-order valence-electron chi connectivity index (χ1n) is 10.8. The zero-order chi connectivity index (χ0) is 23.2. The van der Waals surface area contributed by atoms with E-state index in [2.05, 4.69) is 11.4 Å². The average molecular weight is 459 g/mol. The van der Waals surface area contributed by atoms with Crippen LogP contribution in [0.5, 0.6) is 0 Å². The average Bonchev–Trinajstić information content (AvgIpc) is 3.00. The molecule has 1 amide bonds. The second-order valence-electron chi connectivity index (χ2n) is 7.75. The highest BCUT2D eigenvalue weighted by Gasteiger charge is 2.23. The molecular weight excluding hydrogens is 436 g/mol. The summed E-state index contributed by atoms with van der Waals surface area (Å²) in [5, 5.41) is 12.8. The van der Waals surface area contributed by atoms with Gasteiger partial charge in [-0.05, 0) is 37.3 Å². The van der Waals surface area contributed by atoms with E-state index in [-0.39, 0.29) is 16.9 Å². The van der Waals surface area contributed by atoms with Crippen molar-refractivity contribution in [2.45, 2.75) is 32.1 Å². The molecule has 0 bridgehead atoms. The molecule has 1 aliphatic carbocycles. The summed E-state index contributed by atoms with van der Waals surface area (Å²) in [4.78, 5) is 39.1. The predicted octanol–water partition coefficient (Wildman–Crippen LogP) is 4.92. The first-order valence-corrected chi connectivity index (χ1v) is 11.6. The molecule has 3 aromatic rings. The van der Waals surface area contributed by atoms with Crippen molar-refractivity contribution in [3.05, 3.63) is 87.3 Å². The summed E-state index contributed by atoms with van der Waals surface area (Å²) in [6.07, 6.45) is 4.99. The fourth-order valence-corrected chi connectivity index (χ4v) is 5.18. The number of ketones is 1. The van der Waals surface area contributed by atoms with Crippen LogP contribution >= 0.6 is 11.3 Å². The van der Waals surface area contributed by atoms with Gasteiger partial charge >= 0.3 is 5.97 Å². The van der Waals surface area contributed by atoms with E-state index in [1.807, 2.05) is 0 Å². The number of esters is 1. The van der Waals surface area contributed by atoms with E-state index in [4.69, 9.17) is 4.74 Å². The molecule has 0 unspecified atom stereocenters. The van der Waals surface area contributed by atoms with Gasteiger partial charge in [-0.15, -0.1) is 11.3 Å². The number of benzene rings is 2. The Morgan fingerprint density at radius 2 is 1.64 bits per heavy atom. The van der Waals surface area contributed by atoms with Crippen molar-refractivity contribution in [2.75, 3.05) is 11.9 Å². The minimum absolute atomic E-state index is 0.0969. The topological polar surface area (TPSA) is 96.3 Å². The first-order chi connectivity index (χ1) is 16.1. The summed E-state index contributed by atoms with van der Waals surface area (Å²) in [5.41, 5.74) is 2.30. The number of hydrogen-bond donors (Lipinski definition) is 1. The molecule has 0 saturated heterocycles. The fourth-order valence-electron chi connectivity index (χ4n) is 3.92. The molecule has 1 N–H and O–H groups in total. The lowest BCUT2D eigenvalue weighted by Crippen LogP contribution is -2.22. The summed E-state index contributed by atoms with van der Waals surface area (Å²) < 4.78 is 5.20. The zero-order valence-corrected chi connectivity index (χ0v) is 18.7. The zero-order valence-electron chi connectivity index (χ0n) is 17.9. The van der Waals surface area contributed by atoms with E-state index in [0.717, 1.165) is 42.5 Å². The Bertz CT molecular complexity index is 1240. The van der Waals surface area contributed by atoms with Gasteiger partial charge < -0.3 is 10.1 Å². The van der Waals surface area contributed by atoms with Gasteiger partial charge in [0.25, 0.3) is 5.91 Å². The summed E-state index contributed by atoms with van der Waals surface area (Å²) in [6.45, 7) is -0.514. The highest BCUT2D eigenvalue weighted by atomic mass is 32.1. The Balaban J connectivity index is 1.44. The summed E-state index contributed by atoms with van der Waals surface area (Å²) in [6, 6.07) is 17.2. The van der Waals surface area contributed by atoms with E-state index in [0.29, 0.717) is 16.1 Å². The van der Waals surface area contributed by atoms with Crippen molar-refractivity contribution >= 4 is 34.0 Å². The molecule has 0 aliphatic heterocycles. The molecule has 0 saturated carbocycles. The van der Waals surface area contributed by atoms with Gasteiger partial charge in [-0.2, -0.15) is 5.26 Å². The number of rotatable bonds is 6. The maximum absolute atomic E-state index is 12.8. The third-order valence-corrected chi connectivity index (χ3v) is 6.76. The molecule has 166 valence electrons. The molecule has 0 radical (unpaired) electrons. The fraction of sp³-hybridized carbons (Fsp3) is 0.231. The van der Waals surface area contributed by atoms with E-state index in [1.165, 1.54) is 17.4 Å². The van der Waals surface area contributed by atoms with Crippen molar-refractivity contribution in [2.24, 2.45) is 0 Å². The monoisotopic (exact) mass is 458 g/mol. The van der Waals surface area contributed by atoms with Crippen LogP contribution < -0.4 is 5.32 Å². The molecule has 6 nitrogen and oxygen atoms in total. The van der Waals surface area contributed by atoms with Crippen LogP contribution in [0.25, 0.3) is 0 Å².